The van der Waals surface area contributed by atoms with Crippen molar-refractivity contribution in [2.75, 3.05) is 25.1 Å². The monoisotopic (exact) mass is 406 g/mol. The minimum atomic E-state index is -0.0237. The van der Waals surface area contributed by atoms with E-state index in [0.717, 1.165) is 53.3 Å². The number of aromatic nitrogens is 2. The maximum atomic E-state index is 5.71. The van der Waals surface area contributed by atoms with Crippen molar-refractivity contribution in [3.8, 4) is 0 Å². The Balaban J connectivity index is 1.39. The molecule has 3 aromatic heterocycles. The van der Waals surface area contributed by atoms with E-state index in [2.05, 4.69) is 50.9 Å². The molecule has 1 atom stereocenters. The zero-order chi connectivity index (χ0) is 18.6. The molecule has 4 aromatic rings. The highest BCUT2D eigenvalue weighted by Crippen LogP contribution is 2.42. The van der Waals surface area contributed by atoms with Crippen LogP contribution in [0.15, 0.2) is 48.1 Å². The number of nitrogens with zero attached hydrogens (tertiary/aromatic N) is 2. The Morgan fingerprint density at radius 1 is 1.18 bits per heavy atom. The number of nitrogens with one attached hydrogen (secondary N) is 2. The number of thiophene rings is 1. The minimum Gasteiger partial charge on any atom is -0.379 e. The second-order valence-electron chi connectivity index (χ2n) is 7.23. The number of benzene rings is 1. The lowest BCUT2D eigenvalue weighted by atomic mass is 9.90. The first-order valence-corrected chi connectivity index (χ1v) is 11.0. The van der Waals surface area contributed by atoms with E-state index in [0.29, 0.717) is 0 Å². The first-order chi connectivity index (χ1) is 13.8. The lowest BCUT2D eigenvalue weighted by Crippen LogP contribution is -2.42. The van der Waals surface area contributed by atoms with Gasteiger partial charge in [-0.1, -0.05) is 6.08 Å². The highest BCUT2D eigenvalue weighted by molar-refractivity contribution is 7.19. The summed E-state index contributed by atoms with van der Waals surface area (Å²) in [6, 6.07) is 10.6. The lowest BCUT2D eigenvalue weighted by molar-refractivity contribution is 0.183. The predicted octanol–water partition coefficient (Wildman–Crippen LogP) is 4.80. The Morgan fingerprint density at radius 2 is 2.18 bits per heavy atom. The summed E-state index contributed by atoms with van der Waals surface area (Å²) in [4.78, 5) is 11.4. The van der Waals surface area contributed by atoms with Crippen LogP contribution in [0.2, 0.25) is 0 Å². The molecule has 2 aliphatic rings. The van der Waals surface area contributed by atoms with Crippen molar-refractivity contribution in [3.63, 3.8) is 0 Å². The molecule has 1 saturated heterocycles. The van der Waals surface area contributed by atoms with Gasteiger partial charge < -0.3 is 15.4 Å². The zero-order valence-electron chi connectivity index (χ0n) is 15.1. The van der Waals surface area contributed by atoms with Crippen molar-refractivity contribution in [2.45, 2.75) is 12.0 Å². The van der Waals surface area contributed by atoms with Crippen LogP contribution in [0.4, 0.5) is 11.4 Å². The molecule has 1 fully saturated rings. The zero-order valence-corrected chi connectivity index (χ0v) is 16.7. The maximum absolute atomic E-state index is 5.71. The summed E-state index contributed by atoms with van der Waals surface area (Å²) in [5, 5.41) is 8.36. The summed E-state index contributed by atoms with van der Waals surface area (Å²) >= 11 is 3.42. The lowest BCUT2D eigenvalue weighted by Gasteiger charge is -2.25. The molecule has 0 bridgehead atoms. The van der Waals surface area contributed by atoms with Crippen molar-refractivity contribution in [1.29, 1.82) is 0 Å². The van der Waals surface area contributed by atoms with Gasteiger partial charge in [-0.25, -0.2) is 9.97 Å². The molecule has 140 valence electrons. The Bertz CT molecular complexity index is 1220. The van der Waals surface area contributed by atoms with E-state index in [9.17, 15) is 0 Å². The number of hydrogen-bond acceptors (Lipinski definition) is 7. The first-order valence-electron chi connectivity index (χ1n) is 9.33. The van der Waals surface area contributed by atoms with E-state index in [-0.39, 0.29) is 5.54 Å². The molecule has 2 N–H and O–H groups in total. The van der Waals surface area contributed by atoms with Crippen LogP contribution in [0.5, 0.6) is 0 Å². The number of anilines is 2. The van der Waals surface area contributed by atoms with Gasteiger partial charge in [-0.2, -0.15) is 0 Å². The molecule has 1 spiro atoms. The smallest absolute Gasteiger partial charge is 0.125 e. The number of pyridine rings is 1. The molecular formula is C21H18N4OS2. The van der Waals surface area contributed by atoms with Gasteiger partial charge >= 0.3 is 0 Å². The molecule has 0 radical (unpaired) electrons. The second kappa shape index (κ2) is 6.35. The number of fused-ring (bicyclic) bond motifs is 2. The van der Waals surface area contributed by atoms with Crippen LogP contribution in [0.1, 0.15) is 11.3 Å². The highest BCUT2D eigenvalue weighted by Gasteiger charge is 2.41. The third-order valence-corrected chi connectivity index (χ3v) is 7.48. The Kier molecular flexibility index (Phi) is 3.77. The van der Waals surface area contributed by atoms with E-state index in [1.54, 1.807) is 22.7 Å². The molecule has 2 aliphatic heterocycles. The maximum Gasteiger partial charge on any atom is 0.125 e. The number of hydrogen-bond donors (Lipinski definition) is 2. The fourth-order valence-electron chi connectivity index (χ4n) is 4.16. The topological polar surface area (TPSA) is 59.1 Å². The molecule has 5 nitrogen and oxygen atoms in total. The van der Waals surface area contributed by atoms with Gasteiger partial charge in [0, 0.05) is 35.3 Å². The average molecular weight is 407 g/mol. The minimum absolute atomic E-state index is 0.0237. The summed E-state index contributed by atoms with van der Waals surface area (Å²) < 4.78 is 6.91. The van der Waals surface area contributed by atoms with Crippen molar-refractivity contribution >= 4 is 60.1 Å². The Labute approximate surface area is 170 Å². The van der Waals surface area contributed by atoms with Gasteiger partial charge in [-0.15, -0.1) is 22.7 Å². The first kappa shape index (κ1) is 16.6. The molecule has 28 heavy (non-hydrogen) atoms. The van der Waals surface area contributed by atoms with Crippen LogP contribution in [0, 0.1) is 0 Å². The van der Waals surface area contributed by atoms with Gasteiger partial charge in [0.15, 0.2) is 0 Å². The Hall–Kier alpha value is -2.32. The SMILES string of the molecule is C1=C(c2cc3c(Nc4ccc5scnc5c4)ccnc3s2)[C@]2(CCOC2)NC1. The number of ether oxygens (including phenoxy) is 1. The molecule has 0 unspecified atom stereocenters. The highest BCUT2D eigenvalue weighted by atomic mass is 32.1. The van der Waals surface area contributed by atoms with E-state index < -0.39 is 0 Å². The van der Waals surface area contributed by atoms with Gasteiger partial charge in [0.05, 0.1) is 33.6 Å². The normalized spacial score (nSPS) is 21.8. The average Bonchev–Trinajstić information content (AvgIpc) is 3.49. The quantitative estimate of drug-likeness (QED) is 0.512. The van der Waals surface area contributed by atoms with Crippen LogP contribution in [-0.4, -0.2) is 35.3 Å². The van der Waals surface area contributed by atoms with Crippen molar-refractivity contribution in [1.82, 2.24) is 15.3 Å². The van der Waals surface area contributed by atoms with Crippen LogP contribution in [-0.2, 0) is 4.74 Å². The number of rotatable bonds is 3. The van der Waals surface area contributed by atoms with Crippen LogP contribution < -0.4 is 10.6 Å². The van der Waals surface area contributed by atoms with Gasteiger partial charge in [0.25, 0.3) is 0 Å². The van der Waals surface area contributed by atoms with E-state index in [1.165, 1.54) is 15.2 Å². The molecule has 0 saturated carbocycles. The van der Waals surface area contributed by atoms with Gasteiger partial charge in [-0.3, -0.25) is 0 Å². The molecular weight excluding hydrogens is 388 g/mol. The summed E-state index contributed by atoms with van der Waals surface area (Å²) in [5.41, 5.74) is 6.37. The van der Waals surface area contributed by atoms with Crippen molar-refractivity contribution < 1.29 is 4.74 Å². The predicted molar refractivity (Wildman–Crippen MR) is 117 cm³/mol. The molecule has 5 heterocycles. The molecule has 6 rings (SSSR count). The molecule has 1 aromatic carbocycles. The summed E-state index contributed by atoms with van der Waals surface area (Å²) in [7, 11) is 0. The standard InChI is InChI=1S/C21H18N4OS2/c1-2-18-17(23-12-27-18)9-13(1)25-16-4-6-22-20-14(16)10-19(28-20)15-3-7-24-21(15)5-8-26-11-21/h1-4,6,9-10,12,24H,5,7-8,11H2,(H,22,25)/t21-/m1/s1. The van der Waals surface area contributed by atoms with Gasteiger partial charge in [-0.05, 0) is 42.3 Å². The van der Waals surface area contributed by atoms with E-state index in [4.69, 9.17) is 4.74 Å². The van der Waals surface area contributed by atoms with Crippen LogP contribution in [0.25, 0.3) is 26.0 Å². The van der Waals surface area contributed by atoms with Crippen molar-refractivity contribution in [3.05, 3.63) is 53.0 Å². The fraction of sp³-hybridized carbons (Fsp3) is 0.238. The summed E-state index contributed by atoms with van der Waals surface area (Å²) in [5.74, 6) is 0. The summed E-state index contributed by atoms with van der Waals surface area (Å²) in [6.07, 6.45) is 5.21. The largest absolute Gasteiger partial charge is 0.379 e. The van der Waals surface area contributed by atoms with Gasteiger partial charge in [0.1, 0.15) is 4.83 Å². The second-order valence-corrected chi connectivity index (χ2v) is 9.15. The molecule has 7 heteroatoms. The summed E-state index contributed by atoms with van der Waals surface area (Å²) in [6.45, 7) is 2.47. The fourth-order valence-corrected chi connectivity index (χ4v) is 5.99. The van der Waals surface area contributed by atoms with E-state index in [1.807, 2.05) is 17.8 Å². The van der Waals surface area contributed by atoms with Gasteiger partial charge in [0.2, 0.25) is 0 Å². The molecule has 0 amide bonds. The van der Waals surface area contributed by atoms with Crippen LogP contribution in [0.3, 0.4) is 0 Å². The van der Waals surface area contributed by atoms with Crippen molar-refractivity contribution in [2.24, 2.45) is 0 Å². The third kappa shape index (κ3) is 2.58. The van der Waals surface area contributed by atoms with E-state index >= 15 is 0 Å². The molecule has 0 aliphatic carbocycles. The number of thiazole rings is 1. The van der Waals surface area contributed by atoms with Crippen LogP contribution >= 0.6 is 22.7 Å². The third-order valence-electron chi connectivity index (χ3n) is 5.59. The Morgan fingerprint density at radius 3 is 3.11 bits per heavy atom.